The molecule has 2 aromatic heterocycles. The summed E-state index contributed by atoms with van der Waals surface area (Å²) in [6, 6.07) is 10.0. The zero-order valence-electron chi connectivity index (χ0n) is 17.9. The highest BCUT2D eigenvalue weighted by Gasteiger charge is 2.29. The summed E-state index contributed by atoms with van der Waals surface area (Å²) in [7, 11) is 5.19. The fraction of sp³-hybridized carbons (Fsp3) is 0.417. The molecule has 1 amide bonds. The lowest BCUT2D eigenvalue weighted by Crippen LogP contribution is -2.41. The molecule has 1 aliphatic rings. The zero-order chi connectivity index (χ0) is 21.1. The highest BCUT2D eigenvalue weighted by Crippen LogP contribution is 2.37. The number of rotatable bonds is 6. The second-order valence-corrected chi connectivity index (χ2v) is 7.90. The molecule has 158 valence electrons. The fourth-order valence-corrected chi connectivity index (χ4v) is 4.53. The van der Waals surface area contributed by atoms with Crippen LogP contribution >= 0.6 is 0 Å². The van der Waals surface area contributed by atoms with Gasteiger partial charge in [-0.15, -0.1) is 0 Å². The Morgan fingerprint density at radius 1 is 1.10 bits per heavy atom. The second-order valence-electron chi connectivity index (χ2n) is 7.90. The van der Waals surface area contributed by atoms with Gasteiger partial charge in [0.2, 0.25) is 0 Å². The minimum Gasteiger partial charge on any atom is -0.493 e. The van der Waals surface area contributed by atoms with E-state index in [1.54, 1.807) is 26.6 Å². The molecule has 0 spiro atoms. The third-order valence-corrected chi connectivity index (χ3v) is 6.16. The molecule has 2 heterocycles. The number of fused-ring (bicyclic) bond motifs is 1. The van der Waals surface area contributed by atoms with Crippen LogP contribution in [-0.2, 0) is 13.6 Å². The lowest BCUT2D eigenvalue weighted by Gasteiger charge is -2.34. The van der Waals surface area contributed by atoms with Crippen LogP contribution < -0.4 is 9.47 Å². The van der Waals surface area contributed by atoms with Crippen molar-refractivity contribution in [1.29, 1.82) is 0 Å². The van der Waals surface area contributed by atoms with E-state index in [4.69, 9.17) is 9.47 Å². The summed E-state index contributed by atoms with van der Waals surface area (Å²) in [6.07, 6.45) is 9.27. The highest BCUT2D eigenvalue weighted by molar-refractivity contribution is 6.01. The first-order valence-corrected chi connectivity index (χ1v) is 10.5. The van der Waals surface area contributed by atoms with Gasteiger partial charge in [-0.25, -0.2) is 0 Å². The highest BCUT2D eigenvalue weighted by atomic mass is 16.5. The lowest BCUT2D eigenvalue weighted by atomic mass is 9.93. The molecule has 0 unspecified atom stereocenters. The van der Waals surface area contributed by atoms with E-state index >= 15 is 0 Å². The average Bonchev–Trinajstić information content (AvgIpc) is 3.14. The number of pyridine rings is 1. The van der Waals surface area contributed by atoms with Crippen molar-refractivity contribution < 1.29 is 14.3 Å². The van der Waals surface area contributed by atoms with E-state index in [1.807, 2.05) is 46.8 Å². The van der Waals surface area contributed by atoms with Crippen LogP contribution in [0.3, 0.4) is 0 Å². The topological polar surface area (TPSA) is 56.6 Å². The average molecular weight is 408 g/mol. The number of carbonyl (C=O) groups excluding carboxylic acids is 1. The fourth-order valence-electron chi connectivity index (χ4n) is 4.53. The van der Waals surface area contributed by atoms with E-state index < -0.39 is 0 Å². The number of methoxy groups -OCH3 is 2. The van der Waals surface area contributed by atoms with E-state index in [-0.39, 0.29) is 11.9 Å². The maximum absolute atomic E-state index is 13.8. The number of benzene rings is 1. The van der Waals surface area contributed by atoms with Crippen LogP contribution in [0.4, 0.5) is 0 Å². The Balaban J connectivity index is 1.75. The van der Waals surface area contributed by atoms with Gasteiger partial charge in [-0.05, 0) is 48.7 Å². The molecule has 0 radical (unpaired) electrons. The van der Waals surface area contributed by atoms with E-state index in [0.717, 1.165) is 29.3 Å². The Morgan fingerprint density at radius 3 is 2.50 bits per heavy atom. The Morgan fingerprint density at radius 2 is 1.83 bits per heavy atom. The van der Waals surface area contributed by atoms with Gasteiger partial charge in [-0.2, -0.15) is 0 Å². The van der Waals surface area contributed by atoms with Crippen LogP contribution in [0.2, 0.25) is 0 Å². The molecule has 3 aromatic rings. The first kappa shape index (κ1) is 20.3. The van der Waals surface area contributed by atoms with Gasteiger partial charge in [0.05, 0.1) is 19.7 Å². The maximum atomic E-state index is 13.8. The summed E-state index contributed by atoms with van der Waals surface area (Å²) in [6.45, 7) is 0.591. The number of ether oxygens (including phenoxy) is 2. The molecular formula is C24H29N3O3. The number of aromatic nitrogens is 2. The van der Waals surface area contributed by atoms with E-state index in [1.165, 1.54) is 19.3 Å². The first-order valence-electron chi connectivity index (χ1n) is 10.5. The van der Waals surface area contributed by atoms with Gasteiger partial charge in [-0.1, -0.05) is 19.3 Å². The van der Waals surface area contributed by atoms with Crippen LogP contribution in [0, 0.1) is 0 Å². The third-order valence-electron chi connectivity index (χ3n) is 6.16. The SMILES string of the molecule is COc1ccc2c(cc(C(=O)N(Cc3ccncc3)C3CCCCC3)n2C)c1OC. The maximum Gasteiger partial charge on any atom is 0.271 e. The van der Waals surface area contributed by atoms with Gasteiger partial charge in [0.1, 0.15) is 5.69 Å². The van der Waals surface area contributed by atoms with E-state index in [2.05, 4.69) is 4.98 Å². The van der Waals surface area contributed by atoms with Crippen molar-refractivity contribution in [1.82, 2.24) is 14.5 Å². The standard InChI is InChI=1S/C24H29N3O3/c1-26-20-9-10-22(29-2)23(30-3)19(20)15-21(26)24(28)27(18-7-5-4-6-8-18)16-17-11-13-25-14-12-17/h9-15,18H,4-8,16H2,1-3H3. The van der Waals surface area contributed by atoms with Crippen molar-refractivity contribution in [3.05, 3.63) is 54.0 Å². The van der Waals surface area contributed by atoms with Crippen LogP contribution in [0.5, 0.6) is 11.5 Å². The Hall–Kier alpha value is -3.02. The summed E-state index contributed by atoms with van der Waals surface area (Å²) in [4.78, 5) is 20.0. The smallest absolute Gasteiger partial charge is 0.271 e. The molecule has 30 heavy (non-hydrogen) atoms. The Bertz CT molecular complexity index is 1020. The number of nitrogens with zero attached hydrogens (tertiary/aromatic N) is 3. The minimum atomic E-state index is 0.0541. The quantitative estimate of drug-likeness (QED) is 0.601. The van der Waals surface area contributed by atoms with Gasteiger partial charge < -0.3 is 18.9 Å². The molecular weight excluding hydrogens is 378 g/mol. The van der Waals surface area contributed by atoms with Crippen molar-refractivity contribution in [3.8, 4) is 11.5 Å². The summed E-state index contributed by atoms with van der Waals surface area (Å²) in [5, 5.41) is 0.884. The summed E-state index contributed by atoms with van der Waals surface area (Å²) >= 11 is 0. The molecule has 0 bridgehead atoms. The third kappa shape index (κ3) is 3.74. The van der Waals surface area contributed by atoms with Crippen molar-refractivity contribution in [2.24, 2.45) is 7.05 Å². The number of aryl methyl sites for hydroxylation is 1. The molecule has 1 aliphatic carbocycles. The predicted octanol–water partition coefficient (Wildman–Crippen LogP) is 4.57. The number of amides is 1. The first-order chi connectivity index (χ1) is 14.6. The van der Waals surface area contributed by atoms with E-state index in [9.17, 15) is 4.79 Å². The van der Waals surface area contributed by atoms with Gasteiger partial charge in [0, 0.05) is 37.4 Å². The van der Waals surface area contributed by atoms with Gasteiger partial charge in [0.25, 0.3) is 5.91 Å². The second kappa shape index (κ2) is 8.78. The zero-order valence-corrected chi connectivity index (χ0v) is 17.9. The van der Waals surface area contributed by atoms with Crippen molar-refractivity contribution in [2.75, 3.05) is 14.2 Å². The molecule has 6 nitrogen and oxygen atoms in total. The predicted molar refractivity (Wildman–Crippen MR) is 117 cm³/mol. The number of carbonyl (C=O) groups is 1. The van der Waals surface area contributed by atoms with Gasteiger partial charge in [0.15, 0.2) is 11.5 Å². The summed E-state index contributed by atoms with van der Waals surface area (Å²) in [5.74, 6) is 1.37. The molecule has 4 rings (SSSR count). The van der Waals surface area contributed by atoms with Crippen LogP contribution in [0.15, 0.2) is 42.7 Å². The molecule has 1 aromatic carbocycles. The molecule has 6 heteroatoms. The lowest BCUT2D eigenvalue weighted by molar-refractivity contribution is 0.0605. The Labute approximate surface area is 177 Å². The summed E-state index contributed by atoms with van der Waals surface area (Å²) < 4.78 is 13.0. The number of hydrogen-bond acceptors (Lipinski definition) is 4. The Kier molecular flexibility index (Phi) is 5.93. The van der Waals surface area contributed by atoms with Crippen molar-refractivity contribution in [3.63, 3.8) is 0 Å². The molecule has 0 saturated heterocycles. The van der Waals surface area contributed by atoms with Crippen LogP contribution in [0.25, 0.3) is 10.9 Å². The molecule has 0 aliphatic heterocycles. The molecule has 1 fully saturated rings. The van der Waals surface area contributed by atoms with Crippen molar-refractivity contribution in [2.45, 2.75) is 44.7 Å². The summed E-state index contributed by atoms with van der Waals surface area (Å²) in [5.41, 5.74) is 2.71. The molecule has 0 N–H and O–H groups in total. The molecule has 0 atom stereocenters. The van der Waals surface area contributed by atoms with E-state index in [0.29, 0.717) is 23.7 Å². The van der Waals surface area contributed by atoms with Gasteiger partial charge >= 0.3 is 0 Å². The normalized spacial score (nSPS) is 14.6. The van der Waals surface area contributed by atoms with Crippen LogP contribution in [-0.4, -0.2) is 40.6 Å². The van der Waals surface area contributed by atoms with Gasteiger partial charge in [-0.3, -0.25) is 9.78 Å². The largest absolute Gasteiger partial charge is 0.493 e. The van der Waals surface area contributed by atoms with Crippen molar-refractivity contribution >= 4 is 16.8 Å². The number of hydrogen-bond donors (Lipinski definition) is 0. The monoisotopic (exact) mass is 407 g/mol. The minimum absolute atomic E-state index is 0.0541. The van der Waals surface area contributed by atoms with Crippen LogP contribution in [0.1, 0.15) is 48.2 Å². The molecule has 1 saturated carbocycles.